The Morgan fingerprint density at radius 3 is 1.92 bits per heavy atom. The SMILES string of the molecule is CC(=O)N[C@@H](Cc1ccc(O)cc1)C(=O)N[C@H](C(=O)N[C@@H](C)C(=O)N[C@@H](CC(=O)O)C(=O)CCl)C(C)C. The van der Waals surface area contributed by atoms with Crippen molar-refractivity contribution < 1.29 is 39.0 Å². The monoisotopic (exact) mass is 540 g/mol. The number of phenols is 1. The lowest BCUT2D eigenvalue weighted by atomic mass is 10.0. The lowest BCUT2D eigenvalue weighted by Gasteiger charge is -2.27. The number of hydrogen-bond donors (Lipinski definition) is 6. The van der Waals surface area contributed by atoms with Gasteiger partial charge in [0.05, 0.1) is 18.3 Å². The zero-order chi connectivity index (χ0) is 28.3. The molecular weight excluding hydrogens is 508 g/mol. The second-order valence-electron chi connectivity index (χ2n) is 8.84. The molecule has 0 aliphatic carbocycles. The fraction of sp³-hybridized carbons (Fsp3) is 0.500. The minimum Gasteiger partial charge on any atom is -0.508 e. The van der Waals surface area contributed by atoms with E-state index in [1.807, 2.05) is 0 Å². The van der Waals surface area contributed by atoms with E-state index in [4.69, 9.17) is 16.7 Å². The van der Waals surface area contributed by atoms with E-state index in [0.29, 0.717) is 5.56 Å². The van der Waals surface area contributed by atoms with Crippen LogP contribution in [0.1, 0.15) is 39.7 Å². The third kappa shape index (κ3) is 10.9. The highest BCUT2D eigenvalue weighted by Crippen LogP contribution is 2.12. The number of aromatic hydroxyl groups is 1. The van der Waals surface area contributed by atoms with Gasteiger partial charge in [0.1, 0.15) is 23.9 Å². The number of carbonyl (C=O) groups is 6. The molecule has 0 saturated carbocycles. The zero-order valence-corrected chi connectivity index (χ0v) is 21.8. The number of rotatable bonds is 14. The van der Waals surface area contributed by atoms with Gasteiger partial charge in [0.15, 0.2) is 5.78 Å². The van der Waals surface area contributed by atoms with Gasteiger partial charge in [-0.25, -0.2) is 0 Å². The fourth-order valence-electron chi connectivity index (χ4n) is 3.29. The van der Waals surface area contributed by atoms with E-state index >= 15 is 0 Å². The molecule has 1 aromatic rings. The lowest BCUT2D eigenvalue weighted by molar-refractivity contribution is -0.140. The number of carboxylic acid groups (broad SMARTS) is 1. The van der Waals surface area contributed by atoms with E-state index in [1.54, 1.807) is 26.0 Å². The molecule has 4 atom stereocenters. The maximum absolute atomic E-state index is 13.0. The molecule has 0 bridgehead atoms. The Labute approximate surface area is 219 Å². The first-order valence-electron chi connectivity index (χ1n) is 11.5. The summed E-state index contributed by atoms with van der Waals surface area (Å²) in [6.07, 6.45) is -0.579. The van der Waals surface area contributed by atoms with Gasteiger partial charge in [0, 0.05) is 13.3 Å². The number of halogens is 1. The van der Waals surface area contributed by atoms with E-state index in [1.165, 1.54) is 26.0 Å². The van der Waals surface area contributed by atoms with Crippen molar-refractivity contribution in [1.29, 1.82) is 0 Å². The zero-order valence-electron chi connectivity index (χ0n) is 21.0. The second kappa shape index (κ2) is 14.8. The predicted octanol–water partition coefficient (Wildman–Crippen LogP) is -0.148. The summed E-state index contributed by atoms with van der Waals surface area (Å²) in [5.41, 5.74) is 0.657. The number of alkyl halides is 1. The second-order valence-corrected chi connectivity index (χ2v) is 9.11. The van der Waals surface area contributed by atoms with Crippen LogP contribution < -0.4 is 21.3 Å². The molecule has 0 aromatic heterocycles. The molecule has 1 rings (SSSR count). The van der Waals surface area contributed by atoms with Gasteiger partial charge in [-0.05, 0) is 30.5 Å². The van der Waals surface area contributed by atoms with Crippen molar-refractivity contribution in [2.45, 2.75) is 64.7 Å². The number of carboxylic acids is 1. The highest BCUT2D eigenvalue weighted by molar-refractivity contribution is 6.28. The first kappa shape index (κ1) is 31.4. The molecule has 204 valence electrons. The Bertz CT molecular complexity index is 999. The number of benzene rings is 1. The van der Waals surface area contributed by atoms with Crippen LogP contribution >= 0.6 is 11.6 Å². The number of Topliss-reactive ketones (excluding diaryl/α,β-unsaturated/α-hetero) is 1. The maximum atomic E-state index is 13.0. The number of hydrogen-bond acceptors (Lipinski definition) is 7. The molecule has 6 N–H and O–H groups in total. The summed E-state index contributed by atoms with van der Waals surface area (Å²) in [6, 6.07) is 1.43. The summed E-state index contributed by atoms with van der Waals surface area (Å²) in [4.78, 5) is 72.9. The van der Waals surface area contributed by atoms with Crippen molar-refractivity contribution in [3.63, 3.8) is 0 Å². The van der Waals surface area contributed by atoms with Crippen LogP contribution in [0, 0.1) is 5.92 Å². The Morgan fingerprint density at radius 1 is 0.838 bits per heavy atom. The molecule has 0 aliphatic heterocycles. The van der Waals surface area contributed by atoms with E-state index in [2.05, 4.69) is 21.3 Å². The van der Waals surface area contributed by atoms with Crippen molar-refractivity contribution in [2.75, 3.05) is 5.88 Å². The first-order valence-corrected chi connectivity index (χ1v) is 12.0. The molecule has 13 heteroatoms. The lowest BCUT2D eigenvalue weighted by Crippen LogP contribution is -2.58. The number of aliphatic carboxylic acids is 1. The first-order chi connectivity index (χ1) is 17.2. The van der Waals surface area contributed by atoms with E-state index < -0.39 is 77.8 Å². The largest absolute Gasteiger partial charge is 0.508 e. The molecule has 4 amide bonds. The highest BCUT2D eigenvalue weighted by atomic mass is 35.5. The van der Waals surface area contributed by atoms with Crippen LogP contribution in [0.3, 0.4) is 0 Å². The summed E-state index contributed by atoms with van der Waals surface area (Å²) in [7, 11) is 0. The Balaban J connectivity index is 2.92. The smallest absolute Gasteiger partial charge is 0.305 e. The minimum absolute atomic E-state index is 0.0419. The van der Waals surface area contributed by atoms with Crippen LogP contribution in [0.25, 0.3) is 0 Å². The van der Waals surface area contributed by atoms with Gasteiger partial charge in [0.25, 0.3) is 0 Å². The van der Waals surface area contributed by atoms with Crippen molar-refractivity contribution in [3.8, 4) is 5.75 Å². The van der Waals surface area contributed by atoms with E-state index in [0.717, 1.165) is 0 Å². The summed E-state index contributed by atoms with van der Waals surface area (Å²) in [6.45, 7) is 5.92. The van der Waals surface area contributed by atoms with Crippen LogP contribution in [0.4, 0.5) is 0 Å². The van der Waals surface area contributed by atoms with Gasteiger partial charge in [-0.2, -0.15) is 0 Å². The van der Waals surface area contributed by atoms with Crippen LogP contribution in [-0.2, 0) is 35.2 Å². The molecule has 0 radical (unpaired) electrons. The van der Waals surface area contributed by atoms with Crippen LogP contribution in [0.2, 0.25) is 0 Å². The van der Waals surface area contributed by atoms with Crippen LogP contribution in [0.15, 0.2) is 24.3 Å². The van der Waals surface area contributed by atoms with Crippen molar-refractivity contribution >= 4 is 47.0 Å². The number of amides is 4. The Kier molecular flexibility index (Phi) is 12.5. The topological polar surface area (TPSA) is 191 Å². The standard InChI is InChI=1S/C24H33ClN4O8/c1-12(2)21(24(37)26-13(3)22(35)28-17(10-20(33)34)19(32)11-25)29-23(36)18(27-14(4)30)9-15-5-7-16(31)8-6-15/h5-8,12-13,17-18,21,31H,9-11H2,1-4H3,(H,26,37)(H,27,30)(H,28,35)(H,29,36)(H,33,34)/t13-,17-,18-,21-/m0/s1. The summed E-state index contributed by atoms with van der Waals surface area (Å²) in [5, 5.41) is 28.2. The minimum atomic E-state index is -1.36. The molecule has 0 fully saturated rings. The molecular formula is C24H33ClN4O8. The predicted molar refractivity (Wildman–Crippen MR) is 134 cm³/mol. The van der Waals surface area contributed by atoms with Gasteiger partial charge < -0.3 is 31.5 Å². The van der Waals surface area contributed by atoms with Gasteiger partial charge in [-0.1, -0.05) is 26.0 Å². The number of ketones is 1. The van der Waals surface area contributed by atoms with Gasteiger partial charge in [0.2, 0.25) is 23.6 Å². The number of carbonyl (C=O) groups excluding carboxylic acids is 5. The molecule has 12 nitrogen and oxygen atoms in total. The quantitative estimate of drug-likeness (QED) is 0.175. The number of phenolic OH excluding ortho intramolecular Hbond substituents is 1. The van der Waals surface area contributed by atoms with Crippen LogP contribution in [0.5, 0.6) is 5.75 Å². The molecule has 1 aromatic carbocycles. The molecule has 0 spiro atoms. The Hall–Kier alpha value is -3.67. The molecule has 0 saturated heterocycles. The normalized spacial score (nSPS) is 14.0. The fourth-order valence-corrected chi connectivity index (χ4v) is 3.48. The van der Waals surface area contributed by atoms with Crippen LogP contribution in [-0.4, -0.2) is 75.6 Å². The van der Waals surface area contributed by atoms with Crippen molar-refractivity contribution in [1.82, 2.24) is 21.3 Å². The molecule has 0 unspecified atom stereocenters. The molecule has 0 heterocycles. The summed E-state index contributed by atoms with van der Waals surface area (Å²) < 4.78 is 0. The Morgan fingerprint density at radius 2 is 1.43 bits per heavy atom. The third-order valence-corrected chi connectivity index (χ3v) is 5.55. The maximum Gasteiger partial charge on any atom is 0.305 e. The van der Waals surface area contributed by atoms with Crippen molar-refractivity contribution in [3.05, 3.63) is 29.8 Å². The third-order valence-electron chi connectivity index (χ3n) is 5.28. The van der Waals surface area contributed by atoms with E-state index in [-0.39, 0.29) is 12.2 Å². The summed E-state index contributed by atoms with van der Waals surface area (Å²) >= 11 is 5.48. The van der Waals surface area contributed by atoms with Crippen molar-refractivity contribution in [2.24, 2.45) is 5.92 Å². The average Bonchev–Trinajstić information content (AvgIpc) is 2.81. The highest BCUT2D eigenvalue weighted by Gasteiger charge is 2.31. The van der Waals surface area contributed by atoms with Gasteiger partial charge in [-0.15, -0.1) is 11.6 Å². The average molecular weight is 541 g/mol. The van der Waals surface area contributed by atoms with Gasteiger partial charge >= 0.3 is 5.97 Å². The van der Waals surface area contributed by atoms with E-state index in [9.17, 15) is 33.9 Å². The van der Waals surface area contributed by atoms with Gasteiger partial charge in [-0.3, -0.25) is 28.8 Å². The molecule has 37 heavy (non-hydrogen) atoms. The molecule has 0 aliphatic rings. The number of nitrogens with one attached hydrogen (secondary N) is 4. The summed E-state index contributed by atoms with van der Waals surface area (Å²) in [5.74, 6) is -5.49.